The molecule has 4 heteroatoms. The van der Waals surface area contributed by atoms with Crippen molar-refractivity contribution in [1.29, 1.82) is 0 Å². The van der Waals surface area contributed by atoms with Gasteiger partial charge in [0.05, 0.1) is 28.0 Å². The van der Waals surface area contributed by atoms with E-state index in [0.717, 1.165) is 83.2 Å². The number of nitrogens with zero attached hydrogens (tertiary/aromatic N) is 3. The van der Waals surface area contributed by atoms with Crippen LogP contribution in [0.1, 0.15) is 78.0 Å². The lowest BCUT2D eigenvalue weighted by atomic mass is 9.79. The van der Waals surface area contributed by atoms with Crippen molar-refractivity contribution in [2.24, 2.45) is 0 Å². The van der Waals surface area contributed by atoms with Crippen LogP contribution in [0.2, 0.25) is 0 Å². The van der Waals surface area contributed by atoms with Crippen LogP contribution in [0.5, 0.6) is 5.75 Å². The Bertz CT molecular complexity index is 3400. The van der Waals surface area contributed by atoms with Crippen LogP contribution in [-0.4, -0.2) is 19.6 Å². The summed E-state index contributed by atoms with van der Waals surface area (Å²) >= 11 is 0. The van der Waals surface area contributed by atoms with E-state index >= 15 is 0 Å². The number of benzene rings is 8. The summed E-state index contributed by atoms with van der Waals surface area (Å²) in [4.78, 5) is 10.6. The molecule has 10 aromatic rings. The summed E-state index contributed by atoms with van der Waals surface area (Å²) in [5.74, 6) is 1.19. The third kappa shape index (κ3) is 7.67. The number of phenols is 1. The van der Waals surface area contributed by atoms with Gasteiger partial charge in [-0.05, 0) is 120 Å². The summed E-state index contributed by atoms with van der Waals surface area (Å²) in [6.07, 6.45) is 1.91. The molecule has 0 unspecified atom stereocenters. The molecule has 320 valence electrons. The van der Waals surface area contributed by atoms with Crippen molar-refractivity contribution < 1.29 is 5.11 Å². The molecule has 0 bridgehead atoms. The van der Waals surface area contributed by atoms with Gasteiger partial charge in [-0.1, -0.05) is 183 Å². The zero-order valence-corrected chi connectivity index (χ0v) is 38.6. The standard InChI is InChI=1S/C61H55N3O/c1-38(2)49-33-45(40-17-13-10-14-18-40)28-29-54(49)64-55-30-27-44-25-23-43-24-26-47(53-35-46(31-32-62-53)42-21-19-41(20-22-42)39-15-11-9-12-16-39)34-50(43)56(44)57(55)63-59(64)51-36-48(60(3,4)5)37-52(58(51)65)61(6,7)8/h9-38,65H,1-8H3. The van der Waals surface area contributed by atoms with Crippen molar-refractivity contribution >= 4 is 32.6 Å². The molecule has 0 radical (unpaired) electrons. The highest BCUT2D eigenvalue weighted by Gasteiger charge is 2.29. The van der Waals surface area contributed by atoms with E-state index in [1.165, 1.54) is 27.8 Å². The Morgan fingerprint density at radius 1 is 0.523 bits per heavy atom. The molecule has 0 saturated heterocycles. The third-order valence-corrected chi connectivity index (χ3v) is 13.0. The Hall–Kier alpha value is -7.30. The van der Waals surface area contributed by atoms with Crippen molar-refractivity contribution in [2.75, 3.05) is 0 Å². The molecule has 2 heterocycles. The minimum Gasteiger partial charge on any atom is -0.507 e. The summed E-state index contributed by atoms with van der Waals surface area (Å²) < 4.78 is 2.31. The Balaban J connectivity index is 1.21. The maximum Gasteiger partial charge on any atom is 0.149 e. The molecule has 1 N–H and O–H groups in total. The fourth-order valence-corrected chi connectivity index (χ4v) is 9.36. The summed E-state index contributed by atoms with van der Waals surface area (Å²) in [7, 11) is 0. The second-order valence-corrected chi connectivity index (χ2v) is 19.9. The SMILES string of the molecule is CC(C)c1cc(-c2ccccc2)ccc1-n1c(-c2cc(C(C)(C)C)cc(C(C)(C)C)c2O)nc2c3c(ccc4ccc(-c5cc(-c6ccc(-c7ccccc7)cc6)ccn5)cc43)ccc21. The van der Waals surface area contributed by atoms with Gasteiger partial charge < -0.3 is 5.11 Å². The number of rotatable bonds is 7. The lowest BCUT2D eigenvalue weighted by Crippen LogP contribution is -2.17. The van der Waals surface area contributed by atoms with Crippen LogP contribution in [-0.2, 0) is 10.8 Å². The van der Waals surface area contributed by atoms with Crippen LogP contribution in [0, 0.1) is 0 Å². The number of aromatic hydroxyl groups is 1. The summed E-state index contributed by atoms with van der Waals surface area (Å²) in [6, 6.07) is 60.8. The van der Waals surface area contributed by atoms with Gasteiger partial charge in [-0.3, -0.25) is 9.55 Å². The number of phenolic OH excluding ortho intramolecular Hbond substituents is 1. The smallest absolute Gasteiger partial charge is 0.149 e. The zero-order chi connectivity index (χ0) is 45.2. The monoisotopic (exact) mass is 845 g/mol. The molecule has 4 nitrogen and oxygen atoms in total. The molecule has 0 fully saturated rings. The highest BCUT2D eigenvalue weighted by atomic mass is 16.3. The molecule has 8 aromatic carbocycles. The molecule has 0 amide bonds. The van der Waals surface area contributed by atoms with Crippen LogP contribution < -0.4 is 0 Å². The van der Waals surface area contributed by atoms with E-state index in [0.29, 0.717) is 0 Å². The van der Waals surface area contributed by atoms with Crippen LogP contribution in [0.15, 0.2) is 176 Å². The molecule has 0 atom stereocenters. The third-order valence-electron chi connectivity index (χ3n) is 13.0. The van der Waals surface area contributed by atoms with Crippen molar-refractivity contribution in [3.8, 4) is 67.5 Å². The zero-order valence-electron chi connectivity index (χ0n) is 38.6. The molecule has 0 aliphatic rings. The van der Waals surface area contributed by atoms with Crippen molar-refractivity contribution in [1.82, 2.24) is 14.5 Å². The maximum atomic E-state index is 12.5. The first-order valence-electron chi connectivity index (χ1n) is 22.8. The Morgan fingerprint density at radius 3 is 1.75 bits per heavy atom. The van der Waals surface area contributed by atoms with Crippen LogP contribution >= 0.6 is 0 Å². The highest BCUT2D eigenvalue weighted by molar-refractivity contribution is 6.19. The van der Waals surface area contributed by atoms with E-state index in [9.17, 15) is 5.11 Å². The second-order valence-electron chi connectivity index (χ2n) is 19.9. The molecule has 0 saturated carbocycles. The van der Waals surface area contributed by atoms with Gasteiger partial charge in [0.15, 0.2) is 0 Å². The largest absolute Gasteiger partial charge is 0.507 e. The van der Waals surface area contributed by atoms with Crippen LogP contribution in [0.3, 0.4) is 0 Å². The van der Waals surface area contributed by atoms with E-state index < -0.39 is 0 Å². The van der Waals surface area contributed by atoms with E-state index in [4.69, 9.17) is 9.97 Å². The summed E-state index contributed by atoms with van der Waals surface area (Å²) in [5.41, 5.74) is 15.4. The summed E-state index contributed by atoms with van der Waals surface area (Å²) in [5, 5.41) is 16.9. The van der Waals surface area contributed by atoms with Gasteiger partial charge in [-0.2, -0.15) is 0 Å². The Morgan fingerprint density at radius 2 is 1.09 bits per heavy atom. The fraction of sp³-hybridized carbons (Fsp3) is 0.180. The molecular formula is C61H55N3O. The van der Waals surface area contributed by atoms with Crippen molar-refractivity contribution in [3.05, 3.63) is 193 Å². The van der Waals surface area contributed by atoms with E-state index in [1.54, 1.807) is 0 Å². The first-order chi connectivity index (χ1) is 31.2. The lowest BCUT2D eigenvalue weighted by Gasteiger charge is -2.28. The molecule has 0 aliphatic heterocycles. The molecule has 0 aliphatic carbocycles. The van der Waals surface area contributed by atoms with Crippen molar-refractivity contribution in [3.63, 3.8) is 0 Å². The minimum atomic E-state index is -0.312. The maximum absolute atomic E-state index is 12.5. The fourth-order valence-electron chi connectivity index (χ4n) is 9.36. The predicted octanol–water partition coefficient (Wildman–Crippen LogP) is 16.5. The average Bonchev–Trinajstić information content (AvgIpc) is 3.70. The van der Waals surface area contributed by atoms with Gasteiger partial charge in [0.25, 0.3) is 0 Å². The van der Waals surface area contributed by atoms with Gasteiger partial charge >= 0.3 is 0 Å². The quantitative estimate of drug-likeness (QED) is 0.163. The second kappa shape index (κ2) is 16.0. The minimum absolute atomic E-state index is 0.171. The van der Waals surface area contributed by atoms with E-state index in [2.05, 4.69) is 224 Å². The number of fused-ring (bicyclic) bond motifs is 5. The molecular weight excluding hydrogens is 791 g/mol. The number of hydrogen-bond donors (Lipinski definition) is 1. The van der Waals surface area contributed by atoms with Gasteiger partial charge in [-0.25, -0.2) is 4.98 Å². The Labute approximate surface area is 382 Å². The average molecular weight is 846 g/mol. The number of pyridine rings is 1. The van der Waals surface area contributed by atoms with E-state index in [-0.39, 0.29) is 22.5 Å². The lowest BCUT2D eigenvalue weighted by molar-refractivity contribution is 0.446. The highest BCUT2D eigenvalue weighted by Crippen LogP contribution is 2.46. The van der Waals surface area contributed by atoms with Gasteiger partial charge in [-0.15, -0.1) is 0 Å². The predicted molar refractivity (Wildman–Crippen MR) is 274 cm³/mol. The molecule has 10 rings (SSSR count). The van der Waals surface area contributed by atoms with Gasteiger partial charge in [0.2, 0.25) is 0 Å². The molecule has 0 spiro atoms. The topological polar surface area (TPSA) is 50.9 Å². The van der Waals surface area contributed by atoms with Crippen LogP contribution in [0.25, 0.3) is 94.3 Å². The van der Waals surface area contributed by atoms with Gasteiger partial charge in [0.1, 0.15) is 11.6 Å². The first-order valence-corrected chi connectivity index (χ1v) is 22.8. The summed E-state index contributed by atoms with van der Waals surface area (Å²) in [6.45, 7) is 17.7. The Kier molecular flexibility index (Phi) is 10.3. The first kappa shape index (κ1) is 41.7. The van der Waals surface area contributed by atoms with Gasteiger partial charge in [0, 0.05) is 22.7 Å². The van der Waals surface area contributed by atoms with E-state index in [1.807, 2.05) is 12.3 Å². The van der Waals surface area contributed by atoms with Crippen LogP contribution in [0.4, 0.5) is 0 Å². The number of imidazole rings is 1. The normalized spacial score (nSPS) is 12.2. The molecule has 2 aromatic heterocycles. The van der Waals surface area contributed by atoms with Crippen molar-refractivity contribution in [2.45, 2.75) is 72.1 Å². The number of aromatic nitrogens is 3. The molecule has 65 heavy (non-hydrogen) atoms. The number of hydrogen-bond acceptors (Lipinski definition) is 3.